The molecule has 0 saturated heterocycles. The molecule has 162 valence electrons. The Hall–Kier alpha value is -1.02. The lowest BCUT2D eigenvalue weighted by Gasteiger charge is -2.23. The number of phenols is 1. The fraction of sp³-hybridized carbons (Fsp3) is 0.769. The van der Waals surface area contributed by atoms with Crippen LogP contribution < -0.4 is 0 Å². The van der Waals surface area contributed by atoms with Gasteiger partial charge in [0.25, 0.3) is 0 Å². The van der Waals surface area contributed by atoms with E-state index < -0.39 is 0 Å². The highest BCUT2D eigenvalue weighted by atomic mass is 16.3. The summed E-state index contributed by atoms with van der Waals surface area (Å²) in [5.74, 6) is 0.490. The smallest absolute Gasteiger partial charge is 0.121 e. The lowest BCUT2D eigenvalue weighted by atomic mass is 10.0. The minimum atomic E-state index is 0.490. The summed E-state index contributed by atoms with van der Waals surface area (Å²) in [6.45, 7) is 12.2. The molecule has 0 aliphatic heterocycles. The van der Waals surface area contributed by atoms with E-state index in [4.69, 9.17) is 0 Å². The van der Waals surface area contributed by atoms with E-state index in [0.29, 0.717) is 5.75 Å². The number of nitrogens with zero attached hydrogens (tertiary/aromatic N) is 1. The van der Waals surface area contributed by atoms with E-state index in [1.165, 1.54) is 95.7 Å². The Kier molecular flexibility index (Phi) is 14.2. The van der Waals surface area contributed by atoms with Crippen LogP contribution in [-0.2, 0) is 13.0 Å². The molecule has 28 heavy (non-hydrogen) atoms. The Bertz CT molecular complexity index is 495. The molecular formula is C26H47NO. The van der Waals surface area contributed by atoms with Crippen molar-refractivity contribution in [3.8, 4) is 5.75 Å². The monoisotopic (exact) mass is 389 g/mol. The van der Waals surface area contributed by atoms with Crippen molar-refractivity contribution in [2.75, 3.05) is 13.1 Å². The van der Waals surface area contributed by atoms with E-state index in [1.54, 1.807) is 0 Å². The Morgan fingerprint density at radius 2 is 1.21 bits per heavy atom. The summed E-state index contributed by atoms with van der Waals surface area (Å²) in [5, 5.41) is 10.2. The van der Waals surface area contributed by atoms with E-state index in [-0.39, 0.29) is 0 Å². The molecule has 0 amide bonds. The zero-order valence-corrected chi connectivity index (χ0v) is 19.4. The number of rotatable bonds is 17. The van der Waals surface area contributed by atoms with Crippen LogP contribution in [0.3, 0.4) is 0 Å². The highest BCUT2D eigenvalue weighted by Gasteiger charge is 2.10. The van der Waals surface area contributed by atoms with Crippen molar-refractivity contribution in [1.82, 2.24) is 4.90 Å². The van der Waals surface area contributed by atoms with Crippen molar-refractivity contribution in [1.29, 1.82) is 0 Å². The minimum Gasteiger partial charge on any atom is -0.507 e. The van der Waals surface area contributed by atoms with Crippen molar-refractivity contribution < 1.29 is 5.11 Å². The average Bonchev–Trinajstić information content (AvgIpc) is 2.69. The number of aromatic hydroxyl groups is 1. The lowest BCUT2D eigenvalue weighted by Crippen LogP contribution is -2.26. The maximum Gasteiger partial charge on any atom is 0.121 e. The van der Waals surface area contributed by atoms with Crippen LogP contribution in [0.1, 0.15) is 115 Å². The quantitative estimate of drug-likeness (QED) is 0.275. The Morgan fingerprint density at radius 3 is 1.71 bits per heavy atom. The number of hydrogen-bond acceptors (Lipinski definition) is 2. The summed E-state index contributed by atoms with van der Waals surface area (Å²) in [6.07, 6.45) is 17.2. The van der Waals surface area contributed by atoms with E-state index in [1.807, 2.05) is 6.92 Å². The van der Waals surface area contributed by atoms with Gasteiger partial charge in [-0.3, -0.25) is 4.90 Å². The molecule has 2 nitrogen and oxygen atoms in total. The van der Waals surface area contributed by atoms with E-state index >= 15 is 0 Å². The van der Waals surface area contributed by atoms with Gasteiger partial charge in [0.05, 0.1) is 0 Å². The van der Waals surface area contributed by atoms with Gasteiger partial charge in [0.15, 0.2) is 0 Å². The number of unbranched alkanes of at least 4 members (excludes halogenated alkanes) is 10. The zero-order valence-electron chi connectivity index (χ0n) is 19.4. The second kappa shape index (κ2) is 15.9. The molecule has 0 saturated carbocycles. The predicted molar refractivity (Wildman–Crippen MR) is 124 cm³/mol. The molecule has 1 aromatic carbocycles. The number of hydrogen-bond donors (Lipinski definition) is 1. The predicted octanol–water partition coefficient (Wildman–Crippen LogP) is 7.79. The van der Waals surface area contributed by atoms with Gasteiger partial charge in [-0.1, -0.05) is 97.1 Å². The van der Waals surface area contributed by atoms with Crippen molar-refractivity contribution in [3.05, 3.63) is 28.8 Å². The summed E-state index contributed by atoms with van der Waals surface area (Å²) in [6, 6.07) is 4.40. The van der Waals surface area contributed by atoms with Crippen LogP contribution >= 0.6 is 0 Å². The van der Waals surface area contributed by atoms with Crippen molar-refractivity contribution in [2.45, 2.75) is 118 Å². The summed E-state index contributed by atoms with van der Waals surface area (Å²) < 4.78 is 0. The molecule has 0 heterocycles. The number of aryl methyl sites for hydroxylation is 2. The van der Waals surface area contributed by atoms with Crippen molar-refractivity contribution >= 4 is 0 Å². The van der Waals surface area contributed by atoms with Gasteiger partial charge in [0.2, 0.25) is 0 Å². The summed E-state index contributed by atoms with van der Waals surface area (Å²) in [7, 11) is 0. The molecule has 0 atom stereocenters. The van der Waals surface area contributed by atoms with Crippen LogP contribution in [0.2, 0.25) is 0 Å². The summed E-state index contributed by atoms with van der Waals surface area (Å²) in [5.41, 5.74) is 3.48. The summed E-state index contributed by atoms with van der Waals surface area (Å²) in [4.78, 5) is 2.66. The second-order valence-electron chi connectivity index (χ2n) is 8.59. The molecule has 0 aromatic heterocycles. The van der Waals surface area contributed by atoms with Crippen LogP contribution in [0.25, 0.3) is 0 Å². The first-order valence-electron chi connectivity index (χ1n) is 12.2. The number of phenolic OH excluding ortho intramolecular Hbond substituents is 1. The summed E-state index contributed by atoms with van der Waals surface area (Å²) >= 11 is 0. The van der Waals surface area contributed by atoms with Gasteiger partial charge in [-0.05, 0) is 56.0 Å². The Balaban J connectivity index is 2.54. The minimum absolute atomic E-state index is 0.490. The van der Waals surface area contributed by atoms with Crippen LogP contribution in [0.15, 0.2) is 12.1 Å². The normalized spacial score (nSPS) is 11.5. The molecule has 0 bridgehead atoms. The van der Waals surface area contributed by atoms with Crippen LogP contribution in [0.4, 0.5) is 0 Å². The first-order valence-corrected chi connectivity index (χ1v) is 12.2. The van der Waals surface area contributed by atoms with Gasteiger partial charge in [0.1, 0.15) is 5.75 Å². The molecule has 2 heteroatoms. The largest absolute Gasteiger partial charge is 0.507 e. The standard InChI is InChI=1S/C26H47NO/c1-5-8-10-12-14-16-18-27(19-17-15-13-11-9-6-2)22-24-20-23(4)26(28)25(7-3)21-24/h20-21,28H,5-19,22H2,1-4H3. The molecule has 1 aromatic rings. The van der Waals surface area contributed by atoms with Gasteiger partial charge in [-0.2, -0.15) is 0 Å². The number of benzene rings is 1. The fourth-order valence-corrected chi connectivity index (χ4v) is 4.05. The molecule has 0 radical (unpaired) electrons. The lowest BCUT2D eigenvalue weighted by molar-refractivity contribution is 0.252. The first-order chi connectivity index (χ1) is 13.6. The van der Waals surface area contributed by atoms with Crippen molar-refractivity contribution in [2.24, 2.45) is 0 Å². The van der Waals surface area contributed by atoms with Gasteiger partial charge in [-0.15, -0.1) is 0 Å². The molecule has 0 fully saturated rings. The third kappa shape index (κ3) is 10.5. The molecule has 0 aliphatic carbocycles. The van der Waals surface area contributed by atoms with Gasteiger partial charge in [-0.25, -0.2) is 0 Å². The SMILES string of the molecule is CCCCCCCCN(CCCCCCCC)Cc1cc(C)c(O)c(CC)c1. The Morgan fingerprint density at radius 1 is 0.714 bits per heavy atom. The topological polar surface area (TPSA) is 23.5 Å². The molecule has 1 N–H and O–H groups in total. The van der Waals surface area contributed by atoms with Crippen LogP contribution in [0, 0.1) is 6.92 Å². The van der Waals surface area contributed by atoms with Gasteiger partial charge < -0.3 is 5.11 Å². The third-order valence-electron chi connectivity index (χ3n) is 5.88. The fourth-order valence-electron chi connectivity index (χ4n) is 4.05. The maximum atomic E-state index is 10.2. The van der Waals surface area contributed by atoms with Crippen LogP contribution in [-0.4, -0.2) is 23.1 Å². The zero-order chi connectivity index (χ0) is 20.6. The van der Waals surface area contributed by atoms with Gasteiger partial charge >= 0.3 is 0 Å². The van der Waals surface area contributed by atoms with E-state index in [9.17, 15) is 5.11 Å². The molecule has 0 aliphatic rings. The van der Waals surface area contributed by atoms with Crippen molar-refractivity contribution in [3.63, 3.8) is 0 Å². The average molecular weight is 390 g/mol. The van der Waals surface area contributed by atoms with Crippen LogP contribution in [0.5, 0.6) is 5.75 Å². The first kappa shape index (κ1) is 25.0. The highest BCUT2D eigenvalue weighted by molar-refractivity contribution is 5.43. The molecule has 1 rings (SSSR count). The third-order valence-corrected chi connectivity index (χ3v) is 5.88. The van der Waals surface area contributed by atoms with E-state index in [0.717, 1.165) is 24.1 Å². The molecule has 0 unspecified atom stereocenters. The molecule has 0 spiro atoms. The van der Waals surface area contributed by atoms with E-state index in [2.05, 4.69) is 37.8 Å². The Labute approximate surface area is 175 Å². The maximum absolute atomic E-state index is 10.2. The highest BCUT2D eigenvalue weighted by Crippen LogP contribution is 2.25. The second-order valence-corrected chi connectivity index (χ2v) is 8.59. The van der Waals surface area contributed by atoms with Gasteiger partial charge in [0, 0.05) is 6.54 Å². The molecular weight excluding hydrogens is 342 g/mol.